The fraction of sp³-hybridized carbons (Fsp3) is 0.412. The number of aryl methyl sites for hydroxylation is 2. The number of ether oxygens (including phenoxy) is 1. The van der Waals surface area contributed by atoms with Crippen LogP contribution in [-0.2, 0) is 0 Å². The lowest BCUT2D eigenvalue weighted by atomic mass is 10.0. The van der Waals surface area contributed by atoms with E-state index in [1.54, 1.807) is 4.90 Å². The fourth-order valence-corrected chi connectivity index (χ4v) is 3.36. The van der Waals surface area contributed by atoms with Gasteiger partial charge in [0.15, 0.2) is 0 Å². The molecule has 1 saturated heterocycles. The van der Waals surface area contributed by atoms with E-state index in [1.165, 1.54) is 25.3 Å². The zero-order valence-corrected chi connectivity index (χ0v) is 14.8. The van der Waals surface area contributed by atoms with Gasteiger partial charge in [0.2, 0.25) is 0 Å². The Morgan fingerprint density at radius 1 is 1.46 bits per heavy atom. The van der Waals surface area contributed by atoms with Crippen molar-refractivity contribution in [3.05, 3.63) is 45.3 Å². The van der Waals surface area contributed by atoms with Gasteiger partial charge in [0.25, 0.3) is 5.69 Å². The van der Waals surface area contributed by atoms with Crippen molar-refractivity contribution in [3.63, 3.8) is 0 Å². The van der Waals surface area contributed by atoms with E-state index < -0.39 is 4.92 Å². The number of nitro groups is 1. The monoisotopic (exact) mass is 360 g/mol. The third-order valence-corrected chi connectivity index (χ3v) is 4.57. The van der Waals surface area contributed by atoms with E-state index in [1.807, 2.05) is 13.8 Å². The van der Waals surface area contributed by atoms with Crippen LogP contribution >= 0.6 is 0 Å². The highest BCUT2D eigenvalue weighted by Crippen LogP contribution is 2.36. The van der Waals surface area contributed by atoms with Crippen LogP contribution < -0.4 is 10.1 Å². The third-order valence-electron chi connectivity index (χ3n) is 4.57. The smallest absolute Gasteiger partial charge is 0.322 e. The molecule has 0 bridgehead atoms. The Hall–Kier alpha value is -3.10. The highest BCUT2D eigenvalue weighted by atomic mass is 16.6. The van der Waals surface area contributed by atoms with Crippen LogP contribution in [0, 0.1) is 24.0 Å². The largest absolute Gasteiger partial charge is 0.494 e. The number of hydrogen-bond donors (Lipinski definition) is 1. The summed E-state index contributed by atoms with van der Waals surface area (Å²) < 4.78 is 10.4. The standard InChI is InChI=1S/C17H20N4O5/c1-10-16(11(2)26-19-10)14-5-4-8-20(14)17(22)18-13-7-6-12(21(23)24)9-15(13)25-3/h6-7,9,14H,4-5,8H2,1-3H3,(H,18,22). The van der Waals surface area contributed by atoms with Crippen molar-refractivity contribution < 1.29 is 19.0 Å². The topological polar surface area (TPSA) is 111 Å². The second-order valence-electron chi connectivity index (χ2n) is 6.16. The van der Waals surface area contributed by atoms with E-state index in [0.29, 0.717) is 18.0 Å². The van der Waals surface area contributed by atoms with Crippen molar-refractivity contribution in [2.45, 2.75) is 32.7 Å². The minimum absolute atomic E-state index is 0.102. The number of nitrogens with one attached hydrogen (secondary N) is 1. The molecule has 9 heteroatoms. The fourth-order valence-electron chi connectivity index (χ4n) is 3.36. The van der Waals surface area contributed by atoms with Crippen LogP contribution in [0.5, 0.6) is 5.75 Å². The Morgan fingerprint density at radius 2 is 2.23 bits per heavy atom. The van der Waals surface area contributed by atoms with E-state index >= 15 is 0 Å². The molecule has 0 spiro atoms. The van der Waals surface area contributed by atoms with Gasteiger partial charge in [-0.15, -0.1) is 0 Å². The van der Waals surface area contributed by atoms with Gasteiger partial charge < -0.3 is 19.5 Å². The molecule has 2 amide bonds. The van der Waals surface area contributed by atoms with Gasteiger partial charge in [0.1, 0.15) is 11.5 Å². The zero-order valence-electron chi connectivity index (χ0n) is 14.8. The normalized spacial score (nSPS) is 16.6. The van der Waals surface area contributed by atoms with Crippen LogP contribution in [0.4, 0.5) is 16.2 Å². The summed E-state index contributed by atoms with van der Waals surface area (Å²) in [6.07, 6.45) is 1.70. The zero-order chi connectivity index (χ0) is 18.8. The van der Waals surface area contributed by atoms with Crippen LogP contribution in [0.15, 0.2) is 22.7 Å². The molecular weight excluding hydrogens is 340 g/mol. The first-order chi connectivity index (χ1) is 12.4. The van der Waals surface area contributed by atoms with Gasteiger partial charge in [-0.05, 0) is 32.8 Å². The van der Waals surface area contributed by atoms with Gasteiger partial charge in [0, 0.05) is 18.2 Å². The summed E-state index contributed by atoms with van der Waals surface area (Å²) in [6, 6.07) is 3.68. The number of nitrogens with zero attached hydrogens (tertiary/aromatic N) is 3. The molecule has 26 heavy (non-hydrogen) atoms. The molecule has 1 aliphatic rings. The van der Waals surface area contributed by atoms with Crippen molar-refractivity contribution >= 4 is 17.4 Å². The first-order valence-electron chi connectivity index (χ1n) is 8.25. The molecule has 1 aromatic heterocycles. The van der Waals surface area contributed by atoms with Gasteiger partial charge in [-0.1, -0.05) is 5.16 Å². The summed E-state index contributed by atoms with van der Waals surface area (Å²) in [6.45, 7) is 4.30. The van der Waals surface area contributed by atoms with Crippen LogP contribution in [0.2, 0.25) is 0 Å². The van der Waals surface area contributed by atoms with E-state index in [0.717, 1.165) is 24.1 Å². The summed E-state index contributed by atoms with van der Waals surface area (Å²) in [5.74, 6) is 0.945. The number of carbonyl (C=O) groups excluding carboxylic acids is 1. The summed E-state index contributed by atoms with van der Waals surface area (Å²) in [4.78, 5) is 24.9. The van der Waals surface area contributed by atoms with E-state index in [9.17, 15) is 14.9 Å². The van der Waals surface area contributed by atoms with Gasteiger partial charge in [-0.3, -0.25) is 10.1 Å². The number of nitro benzene ring substituents is 1. The summed E-state index contributed by atoms with van der Waals surface area (Å²) in [5, 5.41) is 17.7. The Bertz CT molecular complexity index is 828. The Balaban J connectivity index is 1.82. The van der Waals surface area contributed by atoms with Crippen molar-refractivity contribution in [2.75, 3.05) is 19.0 Å². The number of likely N-dealkylation sites (tertiary alicyclic amines) is 1. The maximum Gasteiger partial charge on any atom is 0.322 e. The lowest BCUT2D eigenvalue weighted by Crippen LogP contribution is -2.34. The molecular formula is C17H20N4O5. The summed E-state index contributed by atoms with van der Waals surface area (Å²) in [7, 11) is 1.40. The molecule has 2 heterocycles. The molecule has 1 atom stereocenters. The second-order valence-corrected chi connectivity index (χ2v) is 6.16. The van der Waals surface area contributed by atoms with E-state index in [4.69, 9.17) is 9.26 Å². The van der Waals surface area contributed by atoms with Crippen molar-refractivity contribution in [2.24, 2.45) is 0 Å². The van der Waals surface area contributed by atoms with Gasteiger partial charge in [-0.25, -0.2) is 4.79 Å². The minimum Gasteiger partial charge on any atom is -0.494 e. The van der Waals surface area contributed by atoms with Crippen LogP contribution in [-0.4, -0.2) is 34.7 Å². The maximum atomic E-state index is 12.8. The number of rotatable bonds is 4. The van der Waals surface area contributed by atoms with E-state index in [2.05, 4.69) is 10.5 Å². The molecule has 0 saturated carbocycles. The molecule has 1 aromatic carbocycles. The SMILES string of the molecule is COc1cc([N+](=O)[O-])ccc1NC(=O)N1CCCC1c1c(C)noc1C. The Morgan fingerprint density at radius 3 is 2.85 bits per heavy atom. The van der Waals surface area contributed by atoms with Gasteiger partial charge >= 0.3 is 6.03 Å². The first-order valence-corrected chi connectivity index (χ1v) is 8.25. The van der Waals surface area contributed by atoms with Crippen LogP contribution in [0.25, 0.3) is 0 Å². The number of benzene rings is 1. The minimum atomic E-state index is -0.512. The second kappa shape index (κ2) is 7.03. The molecule has 1 unspecified atom stereocenters. The average Bonchev–Trinajstić information content (AvgIpc) is 3.21. The van der Waals surface area contributed by atoms with Gasteiger partial charge in [0.05, 0.1) is 35.5 Å². The molecule has 0 radical (unpaired) electrons. The predicted octanol–water partition coefficient (Wildman–Crippen LogP) is 3.58. The summed E-state index contributed by atoms with van der Waals surface area (Å²) in [5.41, 5.74) is 2.00. The number of non-ortho nitro benzene ring substituents is 1. The Kier molecular flexibility index (Phi) is 4.79. The summed E-state index contributed by atoms with van der Waals surface area (Å²) >= 11 is 0. The van der Waals surface area contributed by atoms with Crippen molar-refractivity contribution in [1.29, 1.82) is 0 Å². The highest BCUT2D eigenvalue weighted by molar-refractivity contribution is 5.91. The number of aromatic nitrogens is 1. The van der Waals surface area contributed by atoms with Crippen molar-refractivity contribution in [3.8, 4) is 5.75 Å². The lowest BCUT2D eigenvalue weighted by molar-refractivity contribution is -0.384. The van der Waals surface area contributed by atoms with Crippen LogP contribution in [0.1, 0.15) is 35.9 Å². The first kappa shape index (κ1) is 17.7. The third kappa shape index (κ3) is 3.19. The molecule has 9 nitrogen and oxygen atoms in total. The average molecular weight is 360 g/mol. The number of urea groups is 1. The van der Waals surface area contributed by atoms with Crippen molar-refractivity contribution in [1.82, 2.24) is 10.1 Å². The Labute approximate surface area is 150 Å². The number of carbonyl (C=O) groups is 1. The molecule has 1 aliphatic heterocycles. The molecule has 138 valence electrons. The molecule has 1 fully saturated rings. The number of amides is 2. The number of methoxy groups -OCH3 is 1. The molecule has 3 rings (SSSR count). The predicted molar refractivity (Wildman–Crippen MR) is 93.3 cm³/mol. The highest BCUT2D eigenvalue weighted by Gasteiger charge is 2.34. The molecule has 0 aliphatic carbocycles. The maximum absolute atomic E-state index is 12.8. The quantitative estimate of drug-likeness (QED) is 0.659. The van der Waals surface area contributed by atoms with Gasteiger partial charge in [-0.2, -0.15) is 0 Å². The molecule has 1 N–H and O–H groups in total. The number of hydrogen-bond acceptors (Lipinski definition) is 6. The van der Waals surface area contributed by atoms with E-state index in [-0.39, 0.29) is 23.5 Å². The lowest BCUT2D eigenvalue weighted by Gasteiger charge is -2.25. The molecule has 2 aromatic rings. The van der Waals surface area contributed by atoms with Crippen LogP contribution in [0.3, 0.4) is 0 Å². The number of anilines is 1.